The van der Waals surface area contributed by atoms with Gasteiger partial charge in [-0.1, -0.05) is 0 Å². The van der Waals surface area contributed by atoms with Crippen molar-refractivity contribution in [2.45, 2.75) is 57.7 Å². The molecule has 6 nitrogen and oxygen atoms in total. The summed E-state index contributed by atoms with van der Waals surface area (Å²) >= 11 is 0. The van der Waals surface area contributed by atoms with E-state index >= 15 is 0 Å². The lowest BCUT2D eigenvalue weighted by Gasteiger charge is -2.20. The molecule has 28 heavy (non-hydrogen) atoms. The number of aliphatic carboxylic acids is 1. The lowest BCUT2D eigenvalue weighted by molar-refractivity contribution is -0.143. The van der Waals surface area contributed by atoms with Gasteiger partial charge < -0.3 is 10.4 Å². The van der Waals surface area contributed by atoms with Gasteiger partial charge in [0.2, 0.25) is 0 Å². The molecule has 9 heteroatoms. The number of carboxylic acid groups (broad SMARTS) is 1. The molecule has 0 aromatic carbocycles. The third-order valence-corrected chi connectivity index (χ3v) is 5.07. The van der Waals surface area contributed by atoms with Crippen molar-refractivity contribution in [3.05, 3.63) is 46.0 Å². The van der Waals surface area contributed by atoms with E-state index in [9.17, 15) is 23.1 Å². The Morgan fingerprint density at radius 2 is 2.11 bits per heavy atom. The summed E-state index contributed by atoms with van der Waals surface area (Å²) in [7, 11) is 0. The molecule has 0 aliphatic heterocycles. The molecule has 2 heterocycles. The first-order chi connectivity index (χ1) is 13.3. The van der Waals surface area contributed by atoms with Crippen molar-refractivity contribution in [3.63, 3.8) is 0 Å². The molecular weight excluding hydrogens is 373 g/mol. The minimum Gasteiger partial charge on any atom is -0.481 e. The number of carbonyl (C=O) groups is 1. The molecule has 1 aliphatic rings. The van der Waals surface area contributed by atoms with E-state index in [0.717, 1.165) is 48.8 Å². The number of fused-ring (bicyclic) bond motifs is 1. The number of hydrogen-bond acceptors (Lipinski definition) is 4. The van der Waals surface area contributed by atoms with Crippen molar-refractivity contribution in [2.24, 2.45) is 0 Å². The first-order valence-corrected chi connectivity index (χ1v) is 9.29. The highest BCUT2D eigenvalue weighted by Gasteiger charge is 2.39. The number of pyridine rings is 1. The average molecular weight is 396 g/mol. The maximum absolute atomic E-state index is 13.0. The van der Waals surface area contributed by atoms with Crippen LogP contribution in [0.4, 0.5) is 13.2 Å². The van der Waals surface area contributed by atoms with E-state index < -0.39 is 23.8 Å². The third-order valence-electron chi connectivity index (χ3n) is 5.07. The molecule has 2 aromatic heterocycles. The predicted octanol–water partition coefficient (Wildman–Crippen LogP) is 3.36. The number of carboxylic acids is 1. The van der Waals surface area contributed by atoms with Gasteiger partial charge in [-0.25, -0.2) is 0 Å². The number of nitrogens with zero attached hydrogens (tertiary/aromatic N) is 2. The van der Waals surface area contributed by atoms with Gasteiger partial charge in [0.25, 0.3) is 0 Å². The maximum atomic E-state index is 13.0. The van der Waals surface area contributed by atoms with Gasteiger partial charge in [-0.05, 0) is 62.8 Å². The Labute approximate surface area is 160 Å². The average Bonchev–Trinajstić information content (AvgIpc) is 3.10. The van der Waals surface area contributed by atoms with Gasteiger partial charge in [-0.3, -0.25) is 14.9 Å². The highest BCUT2D eigenvalue weighted by Crippen LogP contribution is 2.34. The molecule has 0 amide bonds. The van der Waals surface area contributed by atoms with Crippen molar-refractivity contribution in [1.82, 2.24) is 20.5 Å². The SMILES string of the molecule is Cc1cc(CNCCC(C(=O)O)c2cn[nH]c2C(F)(F)F)c2c(n1)CCCC2. The van der Waals surface area contributed by atoms with Crippen LogP contribution in [-0.4, -0.2) is 32.8 Å². The Morgan fingerprint density at radius 1 is 1.36 bits per heavy atom. The fourth-order valence-electron chi connectivity index (χ4n) is 3.77. The lowest BCUT2D eigenvalue weighted by Crippen LogP contribution is -2.23. The maximum Gasteiger partial charge on any atom is 0.433 e. The van der Waals surface area contributed by atoms with Crippen LogP contribution in [0.1, 0.15) is 59.0 Å². The van der Waals surface area contributed by atoms with E-state index in [1.807, 2.05) is 18.1 Å². The summed E-state index contributed by atoms with van der Waals surface area (Å²) in [6, 6.07) is 2.02. The minimum atomic E-state index is -4.67. The van der Waals surface area contributed by atoms with E-state index in [1.54, 1.807) is 0 Å². The largest absolute Gasteiger partial charge is 0.481 e. The number of aromatic amines is 1. The number of aromatic nitrogens is 3. The molecule has 0 bridgehead atoms. The summed E-state index contributed by atoms with van der Waals surface area (Å²) in [5.41, 5.74) is 3.01. The van der Waals surface area contributed by atoms with E-state index in [-0.39, 0.29) is 18.5 Å². The molecule has 3 rings (SSSR count). The molecular formula is C19H23F3N4O2. The van der Waals surface area contributed by atoms with Crippen LogP contribution >= 0.6 is 0 Å². The Balaban J connectivity index is 1.65. The van der Waals surface area contributed by atoms with E-state index in [0.29, 0.717) is 6.54 Å². The van der Waals surface area contributed by atoms with Gasteiger partial charge in [-0.2, -0.15) is 18.3 Å². The second-order valence-electron chi connectivity index (χ2n) is 7.11. The smallest absolute Gasteiger partial charge is 0.433 e. The molecule has 3 N–H and O–H groups in total. The molecule has 1 aliphatic carbocycles. The van der Waals surface area contributed by atoms with E-state index in [2.05, 4.69) is 15.4 Å². The van der Waals surface area contributed by atoms with Gasteiger partial charge in [0.15, 0.2) is 0 Å². The van der Waals surface area contributed by atoms with Crippen LogP contribution in [0.25, 0.3) is 0 Å². The molecule has 1 unspecified atom stereocenters. The van der Waals surface area contributed by atoms with Gasteiger partial charge in [0.05, 0.1) is 12.1 Å². The summed E-state index contributed by atoms with van der Waals surface area (Å²) in [4.78, 5) is 16.1. The van der Waals surface area contributed by atoms with E-state index in [4.69, 9.17) is 0 Å². The normalized spacial score (nSPS) is 15.3. The fraction of sp³-hybridized carbons (Fsp3) is 0.526. The van der Waals surface area contributed by atoms with Gasteiger partial charge >= 0.3 is 12.1 Å². The monoisotopic (exact) mass is 396 g/mol. The topological polar surface area (TPSA) is 90.9 Å². The molecule has 0 fully saturated rings. The zero-order chi connectivity index (χ0) is 20.3. The Bertz CT molecular complexity index is 848. The van der Waals surface area contributed by atoms with Gasteiger partial charge in [0.1, 0.15) is 5.69 Å². The summed E-state index contributed by atoms with van der Waals surface area (Å²) in [6.45, 7) is 2.75. The summed E-state index contributed by atoms with van der Waals surface area (Å²) < 4.78 is 39.1. The zero-order valence-electron chi connectivity index (χ0n) is 15.6. The second-order valence-corrected chi connectivity index (χ2v) is 7.11. The van der Waals surface area contributed by atoms with Crippen LogP contribution in [0.15, 0.2) is 12.3 Å². The standard InChI is InChI=1S/C19H23F3N4O2/c1-11-8-12(13-4-2-3-5-16(13)25-11)9-23-7-6-14(18(27)28)15-10-24-26-17(15)19(20,21)22/h8,10,14,23H,2-7,9H2,1H3,(H,24,26)(H,27,28). The van der Waals surface area contributed by atoms with Crippen LogP contribution < -0.4 is 5.32 Å². The molecule has 0 spiro atoms. The molecule has 0 saturated carbocycles. The number of hydrogen-bond donors (Lipinski definition) is 3. The third kappa shape index (κ3) is 4.52. The molecule has 1 atom stereocenters. The van der Waals surface area contributed by atoms with Crippen molar-refractivity contribution < 1.29 is 23.1 Å². The zero-order valence-corrected chi connectivity index (χ0v) is 15.6. The minimum absolute atomic E-state index is 0.0319. The molecule has 152 valence electrons. The number of H-pyrrole nitrogens is 1. The quantitative estimate of drug-likeness (QED) is 0.625. The number of aryl methyl sites for hydroxylation is 2. The van der Waals surface area contributed by atoms with Gasteiger partial charge in [0, 0.05) is 23.5 Å². The lowest BCUT2D eigenvalue weighted by atomic mass is 9.91. The second kappa shape index (κ2) is 8.30. The first kappa shape index (κ1) is 20.3. The number of alkyl halides is 3. The van der Waals surface area contributed by atoms with Crippen molar-refractivity contribution in [3.8, 4) is 0 Å². The molecule has 0 saturated heterocycles. The van der Waals surface area contributed by atoms with Crippen LogP contribution in [0.3, 0.4) is 0 Å². The Kier molecular flexibility index (Phi) is 6.02. The first-order valence-electron chi connectivity index (χ1n) is 9.29. The fourth-order valence-corrected chi connectivity index (χ4v) is 3.77. The van der Waals surface area contributed by atoms with Crippen LogP contribution in [0.5, 0.6) is 0 Å². The molecule has 2 aromatic rings. The summed E-state index contributed by atoms with van der Waals surface area (Å²) in [5.74, 6) is -2.58. The number of halogens is 3. The van der Waals surface area contributed by atoms with Crippen molar-refractivity contribution >= 4 is 5.97 Å². The van der Waals surface area contributed by atoms with Crippen LogP contribution in [-0.2, 0) is 30.4 Å². The summed E-state index contributed by atoms with van der Waals surface area (Å²) in [5, 5.41) is 17.8. The Morgan fingerprint density at radius 3 is 2.82 bits per heavy atom. The number of nitrogens with one attached hydrogen (secondary N) is 2. The van der Waals surface area contributed by atoms with Crippen LogP contribution in [0, 0.1) is 6.92 Å². The Hall–Kier alpha value is -2.42. The highest BCUT2D eigenvalue weighted by atomic mass is 19.4. The predicted molar refractivity (Wildman–Crippen MR) is 95.9 cm³/mol. The van der Waals surface area contributed by atoms with E-state index in [1.165, 1.54) is 5.56 Å². The van der Waals surface area contributed by atoms with Crippen LogP contribution in [0.2, 0.25) is 0 Å². The molecule has 0 radical (unpaired) electrons. The summed E-state index contributed by atoms with van der Waals surface area (Å²) in [6.07, 6.45) is 0.498. The number of rotatable bonds is 7. The van der Waals surface area contributed by atoms with Gasteiger partial charge in [-0.15, -0.1) is 0 Å². The van der Waals surface area contributed by atoms with Crippen molar-refractivity contribution in [1.29, 1.82) is 0 Å². The van der Waals surface area contributed by atoms with Crippen molar-refractivity contribution in [2.75, 3.05) is 6.54 Å². The highest BCUT2D eigenvalue weighted by molar-refractivity contribution is 5.76.